The Morgan fingerprint density at radius 2 is 1.12 bits per heavy atom. The smallest absolute Gasteiger partial charge is 0.350 e. The third-order valence-electron chi connectivity index (χ3n) is 8.60. The molecule has 342 valence electrons. The third kappa shape index (κ3) is 14.9. The molecular formula is C47H50N4O14. The van der Waals surface area contributed by atoms with E-state index in [-0.39, 0.29) is 22.9 Å². The number of rotatable bonds is 6. The number of nitrogen functional groups attached to an aromatic ring is 1. The molecule has 2 saturated heterocycles. The highest BCUT2D eigenvalue weighted by atomic mass is 16.7. The summed E-state index contributed by atoms with van der Waals surface area (Å²) >= 11 is 0. The number of carbonyl (C=O) groups is 4. The van der Waals surface area contributed by atoms with Gasteiger partial charge in [-0.05, 0) is 48.5 Å². The van der Waals surface area contributed by atoms with Crippen molar-refractivity contribution in [3.63, 3.8) is 0 Å². The fourth-order valence-corrected chi connectivity index (χ4v) is 5.70. The molecule has 18 heteroatoms. The van der Waals surface area contributed by atoms with Gasteiger partial charge in [0.15, 0.2) is 16.4 Å². The van der Waals surface area contributed by atoms with Crippen molar-refractivity contribution in [1.29, 1.82) is 0 Å². The lowest BCUT2D eigenvalue weighted by atomic mass is 10.2. The maximum absolute atomic E-state index is 11.7. The number of methoxy groups -OCH3 is 4. The number of fused-ring (bicyclic) bond motifs is 2. The topological polar surface area (TPSA) is 246 Å². The van der Waals surface area contributed by atoms with Gasteiger partial charge in [-0.3, -0.25) is 19.2 Å². The number of benzene rings is 4. The van der Waals surface area contributed by atoms with Crippen LogP contribution in [0.5, 0.6) is 23.0 Å². The number of aromatic amines is 2. The minimum atomic E-state index is -1.23. The number of carbonyl (C=O) groups excluding carboxylic acids is 4. The van der Waals surface area contributed by atoms with Crippen LogP contribution in [0.3, 0.4) is 0 Å². The second kappa shape index (κ2) is 22.7. The lowest BCUT2D eigenvalue weighted by Gasteiger charge is -2.29. The molecular weight excluding hydrogens is 845 g/mol. The average Bonchev–Trinajstić information content (AvgIpc) is 3.25. The SMILES string of the molecule is CC1(C)OC(=O)CC(=O)O1.COc1ccc2c(=O)cc[nH]c2c1.COc1cccc(N)c1.COc1cccc(NC=C2C(=O)OC(C)(C)OC2=O)c1.COc1cccc2[nH]ccc(=O)c12. The Hall–Kier alpha value is -8.28. The van der Waals surface area contributed by atoms with E-state index >= 15 is 0 Å². The predicted molar refractivity (Wildman–Crippen MR) is 241 cm³/mol. The number of nitrogens with one attached hydrogen (secondary N) is 3. The van der Waals surface area contributed by atoms with Gasteiger partial charge >= 0.3 is 23.9 Å². The van der Waals surface area contributed by atoms with Gasteiger partial charge in [0, 0.05) is 93.4 Å². The van der Waals surface area contributed by atoms with Crippen molar-refractivity contribution >= 4 is 57.1 Å². The van der Waals surface area contributed by atoms with Crippen LogP contribution >= 0.6 is 0 Å². The van der Waals surface area contributed by atoms with Gasteiger partial charge in [0.1, 0.15) is 29.4 Å². The molecule has 0 amide bonds. The Morgan fingerprint density at radius 3 is 1.69 bits per heavy atom. The van der Waals surface area contributed by atoms with Crippen LogP contribution < -0.4 is 40.9 Å². The maximum Gasteiger partial charge on any atom is 0.350 e. The van der Waals surface area contributed by atoms with Gasteiger partial charge in [0.25, 0.3) is 11.6 Å². The standard InChI is InChI=1S/C14H15NO5.2C10H9NO2.C7H9NO.C6H8O4/c1-14(2)19-12(16)11(13(17)20-14)8-15-9-5-4-6-10(7-9)18-3;1-13-7-2-3-8-9(6-7)11-5-4-10(8)12;1-13-9-4-2-3-7-10(9)8(12)5-6-11-7;1-9-7-4-2-3-6(8)5-7;1-6(2)9-4(7)3-5(8)10-6/h4-8,15H,1-3H3;2*2-6H,1H3,(H,11,12);2-5H,8H2,1H3;3H2,1-2H3. The Kier molecular flexibility index (Phi) is 17.2. The molecule has 2 aromatic heterocycles. The molecule has 0 atom stereocenters. The molecule has 8 rings (SSSR count). The molecule has 5 N–H and O–H groups in total. The normalized spacial score (nSPS) is 14.2. The summed E-state index contributed by atoms with van der Waals surface area (Å²) in [4.78, 5) is 73.3. The monoisotopic (exact) mass is 894 g/mol. The van der Waals surface area contributed by atoms with Crippen molar-refractivity contribution in [2.24, 2.45) is 0 Å². The summed E-state index contributed by atoms with van der Waals surface area (Å²) in [5.41, 5.74) is 8.26. The van der Waals surface area contributed by atoms with Gasteiger partial charge in [-0.25, -0.2) is 9.59 Å². The van der Waals surface area contributed by atoms with Gasteiger partial charge in [-0.15, -0.1) is 0 Å². The summed E-state index contributed by atoms with van der Waals surface area (Å²) in [6.45, 7) is 6.02. The van der Waals surface area contributed by atoms with Gasteiger partial charge in [-0.1, -0.05) is 18.2 Å². The first-order chi connectivity index (χ1) is 30.9. The Labute approximate surface area is 373 Å². The van der Waals surface area contributed by atoms with Crippen LogP contribution in [-0.2, 0) is 38.1 Å². The number of pyridine rings is 2. The van der Waals surface area contributed by atoms with E-state index in [4.69, 9.17) is 34.2 Å². The molecule has 2 fully saturated rings. The Balaban J connectivity index is 0.000000183. The third-order valence-corrected chi connectivity index (χ3v) is 8.60. The highest BCUT2D eigenvalue weighted by Gasteiger charge is 2.39. The summed E-state index contributed by atoms with van der Waals surface area (Å²) < 4.78 is 39.4. The molecule has 4 heterocycles. The van der Waals surface area contributed by atoms with Crippen molar-refractivity contribution in [3.8, 4) is 23.0 Å². The fraction of sp³-hybridized carbons (Fsp3) is 0.234. The van der Waals surface area contributed by atoms with Crippen LogP contribution in [0.2, 0.25) is 0 Å². The zero-order chi connectivity index (χ0) is 47.7. The quantitative estimate of drug-likeness (QED) is 0.0465. The maximum atomic E-state index is 11.7. The van der Waals surface area contributed by atoms with Gasteiger partial charge in [0.05, 0.1) is 44.9 Å². The largest absolute Gasteiger partial charge is 0.497 e. The minimum Gasteiger partial charge on any atom is -0.497 e. The first kappa shape index (κ1) is 49.4. The number of hydrogen-bond donors (Lipinski definition) is 4. The molecule has 2 aliphatic heterocycles. The number of H-pyrrole nitrogens is 2. The zero-order valence-corrected chi connectivity index (χ0v) is 37.0. The van der Waals surface area contributed by atoms with E-state index in [1.54, 1.807) is 95.4 Å². The van der Waals surface area contributed by atoms with E-state index in [9.17, 15) is 28.8 Å². The lowest BCUT2D eigenvalue weighted by Crippen LogP contribution is -2.42. The molecule has 0 unspecified atom stereocenters. The Bertz CT molecular complexity index is 2720. The number of ether oxygens (including phenoxy) is 8. The first-order valence-electron chi connectivity index (χ1n) is 19.6. The molecule has 4 aromatic carbocycles. The molecule has 2 aliphatic rings. The summed E-state index contributed by atoms with van der Waals surface area (Å²) in [7, 11) is 6.33. The van der Waals surface area contributed by atoms with E-state index in [1.165, 1.54) is 46.0 Å². The second-order valence-electron chi connectivity index (χ2n) is 14.4. The molecule has 6 aromatic rings. The molecule has 0 saturated carbocycles. The summed E-state index contributed by atoms with van der Waals surface area (Å²) in [6.07, 6.45) is 4.24. The van der Waals surface area contributed by atoms with E-state index in [1.807, 2.05) is 30.3 Å². The summed E-state index contributed by atoms with van der Waals surface area (Å²) in [6, 6.07) is 28.2. The average molecular weight is 895 g/mol. The van der Waals surface area contributed by atoms with E-state index in [0.29, 0.717) is 28.0 Å². The lowest BCUT2D eigenvalue weighted by molar-refractivity contribution is -0.231. The van der Waals surface area contributed by atoms with Crippen molar-refractivity contribution in [2.75, 3.05) is 39.5 Å². The zero-order valence-electron chi connectivity index (χ0n) is 37.0. The molecule has 18 nitrogen and oxygen atoms in total. The van der Waals surface area contributed by atoms with Crippen molar-refractivity contribution in [2.45, 2.75) is 45.7 Å². The molecule has 0 aliphatic carbocycles. The van der Waals surface area contributed by atoms with Crippen LogP contribution in [0, 0.1) is 0 Å². The second-order valence-corrected chi connectivity index (χ2v) is 14.4. The Morgan fingerprint density at radius 1 is 0.585 bits per heavy atom. The number of nitrogens with two attached hydrogens (primary N) is 1. The summed E-state index contributed by atoms with van der Waals surface area (Å²) in [5.74, 6) is -1.99. The van der Waals surface area contributed by atoms with Crippen LogP contribution in [0.1, 0.15) is 34.1 Å². The van der Waals surface area contributed by atoms with E-state index in [0.717, 1.165) is 28.2 Å². The molecule has 0 radical (unpaired) electrons. The van der Waals surface area contributed by atoms with Crippen LogP contribution in [0.15, 0.2) is 131 Å². The number of cyclic esters (lactones) is 4. The van der Waals surface area contributed by atoms with Crippen molar-refractivity contribution in [1.82, 2.24) is 9.97 Å². The van der Waals surface area contributed by atoms with Crippen molar-refractivity contribution in [3.05, 3.63) is 142 Å². The van der Waals surface area contributed by atoms with Gasteiger partial charge < -0.3 is 58.9 Å². The van der Waals surface area contributed by atoms with Gasteiger partial charge in [0.2, 0.25) is 0 Å². The van der Waals surface area contributed by atoms with E-state index < -0.39 is 35.5 Å². The van der Waals surface area contributed by atoms with Crippen LogP contribution in [0.25, 0.3) is 21.8 Å². The summed E-state index contributed by atoms with van der Waals surface area (Å²) in [5, 5.41) is 4.12. The first-order valence-corrected chi connectivity index (χ1v) is 19.6. The number of hydrogen-bond acceptors (Lipinski definition) is 16. The van der Waals surface area contributed by atoms with E-state index in [2.05, 4.69) is 24.8 Å². The van der Waals surface area contributed by atoms with Crippen LogP contribution in [-0.4, -0.2) is 73.9 Å². The fourth-order valence-electron chi connectivity index (χ4n) is 5.70. The highest BCUT2D eigenvalue weighted by molar-refractivity contribution is 6.15. The van der Waals surface area contributed by atoms with Crippen LogP contribution in [0.4, 0.5) is 11.4 Å². The number of esters is 4. The molecule has 65 heavy (non-hydrogen) atoms. The number of aromatic nitrogens is 2. The minimum absolute atomic E-state index is 0.0220. The molecule has 0 bridgehead atoms. The molecule has 0 spiro atoms. The predicted octanol–water partition coefficient (Wildman–Crippen LogP) is 6.39. The van der Waals surface area contributed by atoms with Crippen molar-refractivity contribution < 1.29 is 57.1 Å². The van der Waals surface area contributed by atoms with Gasteiger partial charge in [-0.2, -0.15) is 0 Å². The number of anilines is 2. The highest BCUT2D eigenvalue weighted by Crippen LogP contribution is 2.24.